The van der Waals surface area contributed by atoms with Gasteiger partial charge in [0.05, 0.1) is 7.11 Å². The molecule has 0 aliphatic carbocycles. The van der Waals surface area contributed by atoms with Crippen LogP contribution >= 0.6 is 11.6 Å². The number of anilines is 1. The Labute approximate surface area is 151 Å². The molecule has 2 heterocycles. The number of aromatic nitrogens is 2. The van der Waals surface area contributed by atoms with Gasteiger partial charge in [-0.3, -0.25) is 0 Å². The van der Waals surface area contributed by atoms with Crippen LogP contribution in [0.2, 0.25) is 5.15 Å². The molecule has 0 fully saturated rings. The number of halogens is 1. The SMILES string of the molecule is COc1ccc(COc2cc(-c3cc(N)ncc3C)cc(Cl)n2)cc1. The van der Waals surface area contributed by atoms with Gasteiger partial charge in [-0.05, 0) is 53.4 Å². The van der Waals surface area contributed by atoms with E-state index in [1.54, 1.807) is 19.4 Å². The van der Waals surface area contributed by atoms with Gasteiger partial charge in [-0.25, -0.2) is 9.97 Å². The summed E-state index contributed by atoms with van der Waals surface area (Å²) in [4.78, 5) is 8.32. The van der Waals surface area contributed by atoms with Crippen LogP contribution in [0.5, 0.6) is 11.6 Å². The van der Waals surface area contributed by atoms with Gasteiger partial charge in [0.2, 0.25) is 5.88 Å². The van der Waals surface area contributed by atoms with Crippen molar-refractivity contribution in [3.8, 4) is 22.8 Å². The number of hydrogen-bond acceptors (Lipinski definition) is 5. The van der Waals surface area contributed by atoms with Crippen LogP contribution in [-0.4, -0.2) is 17.1 Å². The molecule has 3 aromatic rings. The minimum absolute atomic E-state index is 0.358. The van der Waals surface area contributed by atoms with Crippen molar-refractivity contribution in [3.05, 3.63) is 64.9 Å². The summed E-state index contributed by atoms with van der Waals surface area (Å²) in [7, 11) is 1.64. The Kier molecular flexibility index (Phi) is 5.05. The van der Waals surface area contributed by atoms with Crippen LogP contribution in [0, 0.1) is 6.92 Å². The Bertz CT molecular complexity index is 882. The zero-order valence-electron chi connectivity index (χ0n) is 14.0. The van der Waals surface area contributed by atoms with Crippen LogP contribution in [0.25, 0.3) is 11.1 Å². The molecule has 3 rings (SSSR count). The van der Waals surface area contributed by atoms with Crippen molar-refractivity contribution < 1.29 is 9.47 Å². The monoisotopic (exact) mass is 355 g/mol. The molecule has 0 aliphatic rings. The fourth-order valence-electron chi connectivity index (χ4n) is 2.43. The largest absolute Gasteiger partial charge is 0.497 e. The second-order valence-corrected chi connectivity index (χ2v) is 5.96. The Morgan fingerprint density at radius 1 is 1.12 bits per heavy atom. The summed E-state index contributed by atoms with van der Waals surface area (Å²) in [6.45, 7) is 2.35. The third-order valence-electron chi connectivity index (χ3n) is 3.75. The second kappa shape index (κ2) is 7.40. The highest BCUT2D eigenvalue weighted by Gasteiger charge is 2.09. The lowest BCUT2D eigenvalue weighted by Gasteiger charge is -2.11. The molecule has 0 radical (unpaired) electrons. The van der Waals surface area contributed by atoms with Crippen molar-refractivity contribution in [3.63, 3.8) is 0 Å². The maximum Gasteiger partial charge on any atom is 0.215 e. The quantitative estimate of drug-likeness (QED) is 0.692. The maximum absolute atomic E-state index is 6.16. The molecular formula is C19H18ClN3O2. The van der Waals surface area contributed by atoms with E-state index in [4.69, 9.17) is 26.8 Å². The first-order valence-corrected chi connectivity index (χ1v) is 8.09. The number of methoxy groups -OCH3 is 1. The lowest BCUT2D eigenvalue weighted by atomic mass is 10.0. The molecule has 0 saturated carbocycles. The molecule has 128 valence electrons. The van der Waals surface area contributed by atoms with Crippen molar-refractivity contribution in [2.24, 2.45) is 0 Å². The van der Waals surface area contributed by atoms with E-state index in [9.17, 15) is 0 Å². The van der Waals surface area contributed by atoms with Crippen LogP contribution < -0.4 is 15.2 Å². The summed E-state index contributed by atoms with van der Waals surface area (Å²) in [5.41, 5.74) is 9.64. The number of hydrogen-bond donors (Lipinski definition) is 1. The summed E-state index contributed by atoms with van der Waals surface area (Å²) >= 11 is 6.16. The summed E-state index contributed by atoms with van der Waals surface area (Å²) in [6, 6.07) is 13.1. The van der Waals surface area contributed by atoms with E-state index in [1.165, 1.54) is 0 Å². The molecule has 0 aliphatic heterocycles. The highest BCUT2D eigenvalue weighted by Crippen LogP contribution is 2.29. The van der Waals surface area contributed by atoms with E-state index in [0.717, 1.165) is 28.0 Å². The smallest absolute Gasteiger partial charge is 0.215 e. The van der Waals surface area contributed by atoms with Gasteiger partial charge < -0.3 is 15.2 Å². The Morgan fingerprint density at radius 2 is 1.88 bits per heavy atom. The van der Waals surface area contributed by atoms with E-state index >= 15 is 0 Å². The van der Waals surface area contributed by atoms with Gasteiger partial charge in [0.15, 0.2) is 0 Å². The zero-order valence-corrected chi connectivity index (χ0v) is 14.7. The number of benzene rings is 1. The van der Waals surface area contributed by atoms with Crippen molar-refractivity contribution in [2.75, 3.05) is 12.8 Å². The van der Waals surface area contributed by atoms with E-state index in [2.05, 4.69) is 9.97 Å². The first-order chi connectivity index (χ1) is 12.0. The molecule has 0 amide bonds. The second-order valence-electron chi connectivity index (χ2n) is 5.58. The van der Waals surface area contributed by atoms with E-state index in [0.29, 0.717) is 23.5 Å². The van der Waals surface area contributed by atoms with E-state index in [-0.39, 0.29) is 0 Å². The third kappa shape index (κ3) is 4.19. The standard InChI is InChI=1S/C19H18ClN3O2/c1-12-10-22-18(21)9-16(12)14-7-17(20)23-19(8-14)25-11-13-3-5-15(24-2)6-4-13/h3-10H,11H2,1-2H3,(H2,21,22). The third-order valence-corrected chi connectivity index (χ3v) is 3.95. The maximum atomic E-state index is 6.16. The molecule has 5 nitrogen and oxygen atoms in total. The van der Waals surface area contributed by atoms with Crippen LogP contribution in [-0.2, 0) is 6.61 Å². The first-order valence-electron chi connectivity index (χ1n) is 7.71. The predicted octanol–water partition coefficient (Wildman–Crippen LogP) is 4.28. The molecule has 1 aromatic carbocycles. The fraction of sp³-hybridized carbons (Fsp3) is 0.158. The highest BCUT2D eigenvalue weighted by atomic mass is 35.5. The van der Waals surface area contributed by atoms with Crippen LogP contribution in [0.1, 0.15) is 11.1 Å². The van der Waals surface area contributed by atoms with Gasteiger partial charge >= 0.3 is 0 Å². The highest BCUT2D eigenvalue weighted by molar-refractivity contribution is 6.29. The summed E-state index contributed by atoms with van der Waals surface area (Å²) in [6.07, 6.45) is 1.73. The number of ether oxygens (including phenoxy) is 2. The van der Waals surface area contributed by atoms with Crippen molar-refractivity contribution in [2.45, 2.75) is 13.5 Å². The molecule has 0 unspecified atom stereocenters. The van der Waals surface area contributed by atoms with Crippen LogP contribution in [0.4, 0.5) is 5.82 Å². The first kappa shape index (κ1) is 17.0. The summed E-state index contributed by atoms with van der Waals surface area (Å²) in [5.74, 6) is 1.71. The summed E-state index contributed by atoms with van der Waals surface area (Å²) in [5, 5.41) is 0.358. The van der Waals surface area contributed by atoms with Gasteiger partial charge in [-0.1, -0.05) is 23.7 Å². The molecule has 0 spiro atoms. The van der Waals surface area contributed by atoms with Crippen LogP contribution in [0.3, 0.4) is 0 Å². The molecule has 2 aromatic heterocycles. The normalized spacial score (nSPS) is 10.5. The lowest BCUT2D eigenvalue weighted by molar-refractivity contribution is 0.294. The molecule has 0 atom stereocenters. The lowest BCUT2D eigenvalue weighted by Crippen LogP contribution is -1.99. The molecule has 0 bridgehead atoms. The minimum Gasteiger partial charge on any atom is -0.497 e. The molecule has 25 heavy (non-hydrogen) atoms. The van der Waals surface area contributed by atoms with Gasteiger partial charge in [0.1, 0.15) is 23.3 Å². The Morgan fingerprint density at radius 3 is 2.60 bits per heavy atom. The average Bonchev–Trinajstić information content (AvgIpc) is 2.62. The Hall–Kier alpha value is -2.79. The number of nitrogens with two attached hydrogens (primary N) is 1. The van der Waals surface area contributed by atoms with Gasteiger partial charge in [0, 0.05) is 12.3 Å². The van der Waals surface area contributed by atoms with E-state index < -0.39 is 0 Å². The Balaban J connectivity index is 1.82. The number of rotatable bonds is 5. The average molecular weight is 356 g/mol. The summed E-state index contributed by atoms with van der Waals surface area (Å²) < 4.78 is 10.9. The topological polar surface area (TPSA) is 70.3 Å². The number of pyridine rings is 2. The molecular weight excluding hydrogens is 338 g/mol. The minimum atomic E-state index is 0.358. The van der Waals surface area contributed by atoms with E-state index in [1.807, 2.05) is 43.3 Å². The van der Waals surface area contributed by atoms with Crippen molar-refractivity contribution in [1.29, 1.82) is 0 Å². The van der Waals surface area contributed by atoms with Gasteiger partial charge in [-0.15, -0.1) is 0 Å². The predicted molar refractivity (Wildman–Crippen MR) is 99.0 cm³/mol. The number of nitrogen functional groups attached to an aromatic ring is 1. The van der Waals surface area contributed by atoms with Gasteiger partial charge in [-0.2, -0.15) is 0 Å². The molecule has 2 N–H and O–H groups in total. The van der Waals surface area contributed by atoms with Crippen molar-refractivity contribution in [1.82, 2.24) is 9.97 Å². The molecule has 6 heteroatoms. The van der Waals surface area contributed by atoms with Gasteiger partial charge in [0.25, 0.3) is 0 Å². The molecule has 0 saturated heterocycles. The van der Waals surface area contributed by atoms with Crippen molar-refractivity contribution >= 4 is 17.4 Å². The number of nitrogens with zero attached hydrogens (tertiary/aromatic N) is 2. The number of aryl methyl sites for hydroxylation is 1. The zero-order chi connectivity index (χ0) is 17.8. The van der Waals surface area contributed by atoms with Crippen LogP contribution in [0.15, 0.2) is 48.7 Å². The fourth-order valence-corrected chi connectivity index (χ4v) is 2.63.